The van der Waals surface area contributed by atoms with Crippen LogP contribution in [-0.4, -0.2) is 16.2 Å². The number of carbonyl (C=O) groups is 1. The summed E-state index contributed by atoms with van der Waals surface area (Å²) in [5.74, 6) is 0.467. The number of aromatic amines is 1. The van der Waals surface area contributed by atoms with Crippen molar-refractivity contribution in [1.29, 1.82) is 0 Å². The van der Waals surface area contributed by atoms with Crippen molar-refractivity contribution >= 4 is 28.7 Å². The number of carbonyl (C=O) groups excluding carboxylic acids is 1. The first-order valence-corrected chi connectivity index (χ1v) is 8.74. The summed E-state index contributed by atoms with van der Waals surface area (Å²) in [5.41, 5.74) is 5.26. The fraction of sp³-hybridized carbons (Fsp3) is 0.222. The van der Waals surface area contributed by atoms with Crippen LogP contribution in [0.4, 0.5) is 16.2 Å². The maximum Gasteiger partial charge on any atom is 0.323 e. The Balaban J connectivity index is 1.72. The van der Waals surface area contributed by atoms with Gasteiger partial charge in [-0.05, 0) is 42.0 Å². The van der Waals surface area contributed by atoms with Crippen molar-refractivity contribution in [2.24, 2.45) is 0 Å². The van der Waals surface area contributed by atoms with Crippen molar-refractivity contribution in [2.45, 2.75) is 26.7 Å². The van der Waals surface area contributed by atoms with Crippen LogP contribution in [-0.2, 0) is 0 Å². The molecule has 0 atom stereocenters. The Bertz CT molecular complexity index is 819. The summed E-state index contributed by atoms with van der Waals surface area (Å²) < 4.78 is 0. The zero-order valence-electron chi connectivity index (χ0n) is 13.9. The van der Waals surface area contributed by atoms with Gasteiger partial charge in [0.1, 0.15) is 5.69 Å². The van der Waals surface area contributed by atoms with Gasteiger partial charge in [0.25, 0.3) is 0 Å². The normalized spacial score (nSPS) is 10.8. The Kier molecular flexibility index (Phi) is 4.66. The lowest BCUT2D eigenvalue weighted by molar-refractivity contribution is 0.262. The highest BCUT2D eigenvalue weighted by Crippen LogP contribution is 2.30. The minimum atomic E-state index is -0.284. The molecule has 2 heterocycles. The highest BCUT2D eigenvalue weighted by Gasteiger charge is 2.15. The van der Waals surface area contributed by atoms with Crippen LogP contribution >= 0.6 is 11.3 Å². The number of hydrogen-bond donors (Lipinski definition) is 3. The Morgan fingerprint density at radius 2 is 1.92 bits per heavy atom. The lowest BCUT2D eigenvalue weighted by atomic mass is 10.0. The van der Waals surface area contributed by atoms with Crippen LogP contribution in [0.3, 0.4) is 0 Å². The summed E-state index contributed by atoms with van der Waals surface area (Å²) in [6.45, 7) is 6.17. The zero-order valence-corrected chi connectivity index (χ0v) is 14.7. The molecule has 0 spiro atoms. The summed E-state index contributed by atoms with van der Waals surface area (Å²) in [5, 5.41) is 17.0. The minimum Gasteiger partial charge on any atom is -0.308 e. The van der Waals surface area contributed by atoms with E-state index in [9.17, 15) is 4.79 Å². The number of anilines is 2. The van der Waals surface area contributed by atoms with Crippen LogP contribution in [0.15, 0.2) is 41.1 Å². The number of nitrogens with zero attached hydrogens (tertiary/aromatic N) is 1. The predicted octanol–water partition coefficient (Wildman–Crippen LogP) is 5.21. The van der Waals surface area contributed by atoms with Crippen LogP contribution in [0, 0.1) is 6.92 Å². The molecule has 3 rings (SSSR count). The maximum absolute atomic E-state index is 12.3. The molecule has 3 N–H and O–H groups in total. The quantitative estimate of drug-likeness (QED) is 0.610. The Hall–Kier alpha value is -2.60. The van der Waals surface area contributed by atoms with Gasteiger partial charge in [-0.25, -0.2) is 4.79 Å². The number of hydrogen-bond acceptors (Lipinski definition) is 3. The highest BCUT2D eigenvalue weighted by molar-refractivity contribution is 7.08. The second kappa shape index (κ2) is 6.88. The molecule has 0 aliphatic rings. The molecule has 2 amide bonds. The molecule has 1 aromatic carbocycles. The van der Waals surface area contributed by atoms with Crippen LogP contribution in [0.1, 0.15) is 31.0 Å². The van der Waals surface area contributed by atoms with Gasteiger partial charge in [-0.3, -0.25) is 5.10 Å². The van der Waals surface area contributed by atoms with Crippen molar-refractivity contribution in [2.75, 3.05) is 10.6 Å². The first-order valence-electron chi connectivity index (χ1n) is 7.80. The van der Waals surface area contributed by atoms with E-state index in [-0.39, 0.29) is 6.03 Å². The van der Waals surface area contributed by atoms with Crippen LogP contribution in [0.2, 0.25) is 0 Å². The molecule has 0 saturated carbocycles. The van der Waals surface area contributed by atoms with Gasteiger partial charge >= 0.3 is 6.03 Å². The molecule has 124 valence electrons. The Morgan fingerprint density at radius 3 is 2.54 bits per heavy atom. The Labute approximate surface area is 145 Å². The largest absolute Gasteiger partial charge is 0.323 e. The number of urea groups is 1. The first kappa shape index (κ1) is 16.3. The van der Waals surface area contributed by atoms with Crippen LogP contribution < -0.4 is 10.6 Å². The second-order valence-corrected chi connectivity index (χ2v) is 6.72. The number of rotatable bonds is 4. The number of thiophene rings is 1. The van der Waals surface area contributed by atoms with Crippen molar-refractivity contribution in [1.82, 2.24) is 10.2 Å². The monoisotopic (exact) mass is 340 g/mol. The summed E-state index contributed by atoms with van der Waals surface area (Å²) in [6, 6.07) is 9.58. The number of amides is 2. The molecule has 0 fully saturated rings. The van der Waals surface area contributed by atoms with Crippen molar-refractivity contribution in [3.8, 4) is 11.3 Å². The molecular formula is C18H20N4OS. The number of nitrogens with one attached hydrogen (secondary N) is 3. The van der Waals surface area contributed by atoms with Gasteiger partial charge in [-0.2, -0.15) is 16.4 Å². The van der Waals surface area contributed by atoms with E-state index >= 15 is 0 Å². The molecule has 3 aromatic rings. The standard InChI is InChI=1S/C18H20N4OS/c1-11(2)13-4-6-15(7-5-13)19-18(23)20-16-12(3)21-22-17(16)14-8-9-24-10-14/h4-11H,1-3H3,(H,21,22)(H2,19,20,23). The van der Waals surface area contributed by atoms with Gasteiger partial charge in [0.2, 0.25) is 0 Å². The molecule has 0 radical (unpaired) electrons. The van der Waals surface area contributed by atoms with Crippen molar-refractivity contribution in [3.63, 3.8) is 0 Å². The lowest BCUT2D eigenvalue weighted by Gasteiger charge is -2.10. The van der Waals surface area contributed by atoms with Gasteiger partial charge in [0.15, 0.2) is 0 Å². The van der Waals surface area contributed by atoms with Gasteiger partial charge in [-0.1, -0.05) is 26.0 Å². The average molecular weight is 340 g/mol. The molecule has 2 aromatic heterocycles. The van der Waals surface area contributed by atoms with E-state index in [0.29, 0.717) is 11.6 Å². The molecule has 24 heavy (non-hydrogen) atoms. The average Bonchev–Trinajstić information content (AvgIpc) is 3.19. The van der Waals surface area contributed by atoms with Crippen molar-refractivity contribution in [3.05, 3.63) is 52.3 Å². The maximum atomic E-state index is 12.3. The minimum absolute atomic E-state index is 0.284. The lowest BCUT2D eigenvalue weighted by Crippen LogP contribution is -2.20. The zero-order chi connectivity index (χ0) is 17.1. The molecule has 0 bridgehead atoms. The SMILES string of the molecule is Cc1[nH]nc(-c2ccsc2)c1NC(=O)Nc1ccc(C(C)C)cc1. The van der Waals surface area contributed by atoms with E-state index in [0.717, 1.165) is 22.6 Å². The van der Waals surface area contributed by atoms with Gasteiger partial charge in [0.05, 0.1) is 11.4 Å². The Morgan fingerprint density at radius 1 is 1.17 bits per heavy atom. The molecule has 5 nitrogen and oxygen atoms in total. The number of benzene rings is 1. The van der Waals surface area contributed by atoms with E-state index in [1.54, 1.807) is 11.3 Å². The molecule has 0 saturated heterocycles. The number of aromatic nitrogens is 2. The summed E-state index contributed by atoms with van der Waals surface area (Å²) in [4.78, 5) is 12.3. The first-order chi connectivity index (χ1) is 11.5. The third-order valence-electron chi connectivity index (χ3n) is 3.82. The van der Waals surface area contributed by atoms with E-state index in [2.05, 4.69) is 34.7 Å². The van der Waals surface area contributed by atoms with Gasteiger partial charge in [-0.15, -0.1) is 0 Å². The fourth-order valence-corrected chi connectivity index (χ4v) is 3.06. The summed E-state index contributed by atoms with van der Waals surface area (Å²) >= 11 is 1.60. The second-order valence-electron chi connectivity index (χ2n) is 5.94. The molecule has 0 unspecified atom stereocenters. The summed E-state index contributed by atoms with van der Waals surface area (Å²) in [7, 11) is 0. The number of aryl methyl sites for hydroxylation is 1. The molecule has 0 aliphatic carbocycles. The highest BCUT2D eigenvalue weighted by atomic mass is 32.1. The van der Waals surface area contributed by atoms with Gasteiger partial charge in [0, 0.05) is 16.6 Å². The third-order valence-corrected chi connectivity index (χ3v) is 4.50. The molecular weight excluding hydrogens is 320 g/mol. The van der Waals surface area contributed by atoms with Gasteiger partial charge < -0.3 is 10.6 Å². The van der Waals surface area contributed by atoms with Crippen LogP contribution in [0.25, 0.3) is 11.3 Å². The smallest absolute Gasteiger partial charge is 0.308 e. The number of H-pyrrole nitrogens is 1. The predicted molar refractivity (Wildman–Crippen MR) is 99.8 cm³/mol. The fourth-order valence-electron chi connectivity index (χ4n) is 2.42. The van der Waals surface area contributed by atoms with E-state index < -0.39 is 0 Å². The topological polar surface area (TPSA) is 69.8 Å². The molecule has 6 heteroatoms. The van der Waals surface area contributed by atoms with E-state index in [4.69, 9.17) is 0 Å². The van der Waals surface area contributed by atoms with E-state index in [1.165, 1.54) is 5.56 Å². The van der Waals surface area contributed by atoms with E-state index in [1.807, 2.05) is 48.0 Å². The third kappa shape index (κ3) is 3.49. The van der Waals surface area contributed by atoms with Crippen molar-refractivity contribution < 1.29 is 4.79 Å². The summed E-state index contributed by atoms with van der Waals surface area (Å²) in [6.07, 6.45) is 0. The van der Waals surface area contributed by atoms with Crippen LogP contribution in [0.5, 0.6) is 0 Å². The molecule has 0 aliphatic heterocycles.